The van der Waals surface area contributed by atoms with Crippen LogP contribution in [-0.2, 0) is 4.79 Å². The van der Waals surface area contributed by atoms with E-state index in [1.165, 1.54) is 24.3 Å². The van der Waals surface area contributed by atoms with Crippen molar-refractivity contribution in [2.24, 2.45) is 0 Å². The number of carbonyl (C=O) groups is 1. The summed E-state index contributed by atoms with van der Waals surface area (Å²) >= 11 is 11.9. The lowest BCUT2D eigenvalue weighted by Gasteiger charge is -2.09. The second-order valence-corrected chi connectivity index (χ2v) is 5.20. The zero-order chi connectivity index (χ0) is 15.2. The Morgan fingerprint density at radius 3 is 2.52 bits per heavy atom. The Labute approximate surface area is 132 Å². The molecule has 0 aliphatic heterocycles. The SMILES string of the molecule is O=C(CCNc1cc(Cl)ccc1Cl)Nc1ccc(F)cc1. The van der Waals surface area contributed by atoms with Crippen molar-refractivity contribution < 1.29 is 9.18 Å². The first-order valence-corrected chi connectivity index (χ1v) is 7.04. The molecule has 0 heterocycles. The van der Waals surface area contributed by atoms with Crippen LogP contribution in [0, 0.1) is 5.82 Å². The number of benzene rings is 2. The lowest BCUT2D eigenvalue weighted by Crippen LogP contribution is -2.16. The van der Waals surface area contributed by atoms with Gasteiger partial charge in [0.05, 0.1) is 10.7 Å². The maximum absolute atomic E-state index is 12.7. The monoisotopic (exact) mass is 326 g/mol. The molecule has 2 aromatic carbocycles. The van der Waals surface area contributed by atoms with Crippen LogP contribution in [0.25, 0.3) is 0 Å². The maximum Gasteiger partial charge on any atom is 0.226 e. The summed E-state index contributed by atoms with van der Waals surface area (Å²) in [4.78, 5) is 11.7. The third-order valence-electron chi connectivity index (χ3n) is 2.72. The van der Waals surface area contributed by atoms with Crippen molar-refractivity contribution in [2.75, 3.05) is 17.2 Å². The van der Waals surface area contributed by atoms with Crippen molar-refractivity contribution >= 4 is 40.5 Å². The second kappa shape index (κ2) is 7.29. The van der Waals surface area contributed by atoms with E-state index in [4.69, 9.17) is 23.2 Å². The van der Waals surface area contributed by atoms with Gasteiger partial charge in [-0.3, -0.25) is 4.79 Å². The highest BCUT2D eigenvalue weighted by Crippen LogP contribution is 2.25. The highest BCUT2D eigenvalue weighted by atomic mass is 35.5. The molecule has 0 saturated heterocycles. The number of anilines is 2. The van der Waals surface area contributed by atoms with Crippen LogP contribution >= 0.6 is 23.2 Å². The maximum atomic E-state index is 12.7. The minimum Gasteiger partial charge on any atom is -0.383 e. The predicted molar refractivity (Wildman–Crippen MR) is 84.6 cm³/mol. The Morgan fingerprint density at radius 2 is 1.81 bits per heavy atom. The lowest BCUT2D eigenvalue weighted by molar-refractivity contribution is -0.115. The van der Waals surface area contributed by atoms with E-state index >= 15 is 0 Å². The molecule has 6 heteroatoms. The Bertz CT molecular complexity index is 632. The molecule has 0 atom stereocenters. The van der Waals surface area contributed by atoms with Gasteiger partial charge in [-0.25, -0.2) is 4.39 Å². The Hall–Kier alpha value is -1.78. The molecule has 0 radical (unpaired) electrons. The van der Waals surface area contributed by atoms with E-state index < -0.39 is 0 Å². The van der Waals surface area contributed by atoms with Gasteiger partial charge < -0.3 is 10.6 Å². The van der Waals surface area contributed by atoms with Crippen LogP contribution in [-0.4, -0.2) is 12.5 Å². The van der Waals surface area contributed by atoms with Crippen LogP contribution in [0.15, 0.2) is 42.5 Å². The number of halogens is 3. The molecule has 21 heavy (non-hydrogen) atoms. The van der Waals surface area contributed by atoms with E-state index in [9.17, 15) is 9.18 Å². The summed E-state index contributed by atoms with van der Waals surface area (Å²) in [6.07, 6.45) is 0.250. The standard InChI is InChI=1S/C15H13Cl2FN2O/c16-10-1-6-13(17)14(9-10)19-8-7-15(21)20-12-4-2-11(18)3-5-12/h1-6,9,19H,7-8H2,(H,20,21). The van der Waals surface area contributed by atoms with Gasteiger partial charge in [-0.1, -0.05) is 23.2 Å². The molecular formula is C15H13Cl2FN2O. The number of carbonyl (C=O) groups excluding carboxylic acids is 1. The molecule has 0 unspecified atom stereocenters. The predicted octanol–water partition coefficient (Wildman–Crippen LogP) is 4.57. The first-order chi connectivity index (χ1) is 10.0. The summed E-state index contributed by atoms with van der Waals surface area (Å²) in [6, 6.07) is 10.7. The van der Waals surface area contributed by atoms with E-state index in [0.29, 0.717) is 28.0 Å². The topological polar surface area (TPSA) is 41.1 Å². The summed E-state index contributed by atoms with van der Waals surface area (Å²) in [5.74, 6) is -0.516. The fourth-order valence-electron chi connectivity index (χ4n) is 1.70. The summed E-state index contributed by atoms with van der Waals surface area (Å²) in [5, 5.41) is 6.83. The third kappa shape index (κ3) is 4.92. The summed E-state index contributed by atoms with van der Waals surface area (Å²) in [5.41, 5.74) is 1.24. The average molecular weight is 327 g/mol. The van der Waals surface area contributed by atoms with Gasteiger partial charge in [0.15, 0.2) is 0 Å². The lowest BCUT2D eigenvalue weighted by atomic mass is 10.3. The molecule has 0 saturated carbocycles. The van der Waals surface area contributed by atoms with E-state index in [1.807, 2.05) is 0 Å². The molecule has 0 spiro atoms. The molecule has 0 fully saturated rings. The molecule has 0 aliphatic rings. The fourth-order valence-corrected chi connectivity index (χ4v) is 2.06. The van der Waals surface area contributed by atoms with Crippen LogP contribution in [0.2, 0.25) is 10.0 Å². The highest BCUT2D eigenvalue weighted by Gasteiger charge is 2.04. The number of hydrogen-bond donors (Lipinski definition) is 2. The van der Waals surface area contributed by atoms with Gasteiger partial charge in [0.2, 0.25) is 5.91 Å². The quantitative estimate of drug-likeness (QED) is 0.844. The number of hydrogen-bond acceptors (Lipinski definition) is 2. The van der Waals surface area contributed by atoms with Crippen LogP contribution in [0.1, 0.15) is 6.42 Å². The van der Waals surface area contributed by atoms with Crippen molar-refractivity contribution in [3.63, 3.8) is 0 Å². The molecule has 2 N–H and O–H groups in total. The van der Waals surface area contributed by atoms with E-state index in [1.54, 1.807) is 18.2 Å². The average Bonchev–Trinajstić information content (AvgIpc) is 2.45. The molecule has 0 bridgehead atoms. The molecule has 2 aromatic rings. The Morgan fingerprint density at radius 1 is 1.10 bits per heavy atom. The van der Waals surface area contributed by atoms with Crippen molar-refractivity contribution in [2.45, 2.75) is 6.42 Å². The first-order valence-electron chi connectivity index (χ1n) is 6.29. The van der Waals surface area contributed by atoms with Gasteiger partial charge in [0, 0.05) is 23.7 Å². The zero-order valence-corrected chi connectivity index (χ0v) is 12.5. The molecular weight excluding hydrogens is 314 g/mol. The summed E-state index contributed by atoms with van der Waals surface area (Å²) in [7, 11) is 0. The van der Waals surface area contributed by atoms with E-state index in [-0.39, 0.29) is 18.1 Å². The molecule has 2 rings (SSSR count). The van der Waals surface area contributed by atoms with E-state index in [2.05, 4.69) is 10.6 Å². The zero-order valence-electron chi connectivity index (χ0n) is 11.0. The molecule has 0 aromatic heterocycles. The van der Waals surface area contributed by atoms with Gasteiger partial charge >= 0.3 is 0 Å². The van der Waals surface area contributed by atoms with E-state index in [0.717, 1.165) is 0 Å². The highest BCUT2D eigenvalue weighted by molar-refractivity contribution is 6.35. The largest absolute Gasteiger partial charge is 0.383 e. The van der Waals surface area contributed by atoms with Gasteiger partial charge in [0.25, 0.3) is 0 Å². The first kappa shape index (κ1) is 15.6. The summed E-state index contributed by atoms with van der Waals surface area (Å²) in [6.45, 7) is 0.410. The van der Waals surface area contributed by atoms with Gasteiger partial charge in [-0.05, 0) is 42.5 Å². The van der Waals surface area contributed by atoms with Gasteiger partial charge in [-0.2, -0.15) is 0 Å². The van der Waals surface area contributed by atoms with Crippen LogP contribution < -0.4 is 10.6 Å². The van der Waals surface area contributed by atoms with Gasteiger partial charge in [0.1, 0.15) is 5.82 Å². The number of amides is 1. The third-order valence-corrected chi connectivity index (χ3v) is 3.29. The molecule has 1 amide bonds. The number of rotatable bonds is 5. The summed E-state index contributed by atoms with van der Waals surface area (Å²) < 4.78 is 12.7. The van der Waals surface area contributed by atoms with Crippen molar-refractivity contribution in [1.29, 1.82) is 0 Å². The fraction of sp³-hybridized carbons (Fsp3) is 0.133. The molecule has 3 nitrogen and oxygen atoms in total. The van der Waals surface area contributed by atoms with Crippen LogP contribution in [0.5, 0.6) is 0 Å². The van der Waals surface area contributed by atoms with Crippen LogP contribution in [0.3, 0.4) is 0 Å². The molecule has 0 aliphatic carbocycles. The van der Waals surface area contributed by atoms with Crippen molar-refractivity contribution in [1.82, 2.24) is 0 Å². The van der Waals surface area contributed by atoms with Crippen LogP contribution in [0.4, 0.5) is 15.8 Å². The minimum atomic E-state index is -0.342. The minimum absolute atomic E-state index is 0.174. The smallest absolute Gasteiger partial charge is 0.226 e. The van der Waals surface area contributed by atoms with Crippen molar-refractivity contribution in [3.8, 4) is 0 Å². The normalized spacial score (nSPS) is 10.2. The second-order valence-electron chi connectivity index (χ2n) is 4.36. The number of nitrogens with one attached hydrogen (secondary N) is 2. The van der Waals surface area contributed by atoms with Crippen molar-refractivity contribution in [3.05, 3.63) is 58.3 Å². The van der Waals surface area contributed by atoms with Gasteiger partial charge in [-0.15, -0.1) is 0 Å². The Kier molecular flexibility index (Phi) is 5.42. The molecule has 110 valence electrons. The Balaban J connectivity index is 1.81.